The van der Waals surface area contributed by atoms with E-state index in [1.165, 1.54) is 4.57 Å². The van der Waals surface area contributed by atoms with Crippen LogP contribution in [0.4, 0.5) is 10.3 Å². The minimum atomic E-state index is -0.875. The van der Waals surface area contributed by atoms with Crippen LogP contribution in [0.1, 0.15) is 30.4 Å². The van der Waals surface area contributed by atoms with Crippen molar-refractivity contribution in [1.82, 2.24) is 9.55 Å². The van der Waals surface area contributed by atoms with E-state index in [1.807, 2.05) is 4.90 Å². The molecule has 0 saturated carbocycles. The maximum absolute atomic E-state index is 13.7. The van der Waals surface area contributed by atoms with Gasteiger partial charge in [-0.25, -0.2) is 4.98 Å². The molecule has 118 valence electrons. The third kappa shape index (κ3) is 3.09. The van der Waals surface area contributed by atoms with E-state index < -0.39 is 11.4 Å². The Morgan fingerprint density at radius 3 is 2.70 bits per heavy atom. The number of rotatable bonds is 3. The van der Waals surface area contributed by atoms with Crippen molar-refractivity contribution in [2.24, 2.45) is 0 Å². The first-order chi connectivity index (χ1) is 11.2. The second-order valence-electron chi connectivity index (χ2n) is 5.61. The van der Waals surface area contributed by atoms with Gasteiger partial charge in [-0.05, 0) is 30.9 Å². The number of hydrogen-bond acceptors (Lipinski definition) is 4. The Morgan fingerprint density at radius 1 is 1.22 bits per heavy atom. The first-order valence-corrected chi connectivity index (χ1v) is 7.69. The third-order valence-corrected chi connectivity index (χ3v) is 4.09. The minimum Gasteiger partial charge on any atom is -0.342 e. The molecule has 3 rings (SSSR count). The Morgan fingerprint density at radius 2 is 1.96 bits per heavy atom. The summed E-state index contributed by atoms with van der Waals surface area (Å²) in [5, 5.41) is 9.20. The van der Waals surface area contributed by atoms with Crippen LogP contribution < -0.4 is 10.5 Å². The number of hydrogen-bond donors (Lipinski definition) is 0. The van der Waals surface area contributed by atoms with E-state index in [0.717, 1.165) is 38.5 Å². The second-order valence-corrected chi connectivity index (χ2v) is 5.61. The molecule has 0 atom stereocenters. The highest BCUT2D eigenvalue weighted by Crippen LogP contribution is 2.18. The maximum Gasteiger partial charge on any atom is 0.291 e. The Bertz CT molecular complexity index is 803. The molecule has 2 heterocycles. The first kappa shape index (κ1) is 15.2. The molecule has 1 aromatic carbocycles. The average Bonchev–Trinajstić information content (AvgIpc) is 2.60. The fourth-order valence-electron chi connectivity index (χ4n) is 2.89. The molecule has 6 heteroatoms. The highest BCUT2D eigenvalue weighted by atomic mass is 19.1. The second kappa shape index (κ2) is 6.61. The van der Waals surface area contributed by atoms with Gasteiger partial charge >= 0.3 is 0 Å². The number of piperidine rings is 1. The molecule has 0 unspecified atom stereocenters. The summed E-state index contributed by atoms with van der Waals surface area (Å²) in [5.41, 5.74) is 0.462. The van der Waals surface area contributed by atoms with Crippen molar-refractivity contribution in [2.45, 2.75) is 25.8 Å². The van der Waals surface area contributed by atoms with Gasteiger partial charge in [0.25, 0.3) is 5.56 Å². The van der Waals surface area contributed by atoms with E-state index in [0.29, 0.717) is 17.1 Å². The van der Waals surface area contributed by atoms with E-state index in [1.54, 1.807) is 24.3 Å². The lowest BCUT2D eigenvalue weighted by atomic mass is 10.1. The van der Waals surface area contributed by atoms with Gasteiger partial charge in [-0.15, -0.1) is 0 Å². The standard InChI is InChI=1S/C17H17FN4O/c18-15-11-20-17(21-8-4-1-5-9-21)22(16(15)23)12-14-7-3-2-6-13(14)10-19/h2-3,6-7,11H,1,4-5,8-9,12H2. The number of aromatic nitrogens is 2. The lowest BCUT2D eigenvalue weighted by Crippen LogP contribution is -2.37. The summed E-state index contributed by atoms with van der Waals surface area (Å²) in [7, 11) is 0. The third-order valence-electron chi connectivity index (χ3n) is 4.09. The van der Waals surface area contributed by atoms with E-state index in [2.05, 4.69) is 11.1 Å². The highest BCUT2D eigenvalue weighted by molar-refractivity contribution is 5.39. The van der Waals surface area contributed by atoms with E-state index >= 15 is 0 Å². The fraction of sp³-hybridized carbons (Fsp3) is 0.353. The van der Waals surface area contributed by atoms with Gasteiger partial charge in [0.2, 0.25) is 11.8 Å². The van der Waals surface area contributed by atoms with Crippen molar-refractivity contribution in [3.63, 3.8) is 0 Å². The zero-order chi connectivity index (χ0) is 16.2. The molecule has 0 N–H and O–H groups in total. The molecule has 1 aromatic heterocycles. The van der Waals surface area contributed by atoms with Crippen molar-refractivity contribution in [2.75, 3.05) is 18.0 Å². The molecule has 1 fully saturated rings. The van der Waals surface area contributed by atoms with E-state index in [4.69, 9.17) is 0 Å². The Kier molecular flexibility index (Phi) is 4.38. The van der Waals surface area contributed by atoms with E-state index in [-0.39, 0.29) is 6.54 Å². The summed E-state index contributed by atoms with van der Waals surface area (Å²) in [6, 6.07) is 9.13. The monoisotopic (exact) mass is 312 g/mol. The molecule has 1 saturated heterocycles. The smallest absolute Gasteiger partial charge is 0.291 e. The van der Waals surface area contributed by atoms with Crippen LogP contribution in [0.5, 0.6) is 0 Å². The predicted molar refractivity (Wildman–Crippen MR) is 84.8 cm³/mol. The first-order valence-electron chi connectivity index (χ1n) is 7.69. The molecule has 5 nitrogen and oxygen atoms in total. The van der Waals surface area contributed by atoms with Crippen LogP contribution in [0.25, 0.3) is 0 Å². The van der Waals surface area contributed by atoms with Gasteiger partial charge in [0.15, 0.2) is 0 Å². The molecular formula is C17H17FN4O. The lowest BCUT2D eigenvalue weighted by Gasteiger charge is -2.29. The van der Waals surface area contributed by atoms with Gasteiger partial charge < -0.3 is 4.90 Å². The molecule has 0 bridgehead atoms. The van der Waals surface area contributed by atoms with Gasteiger partial charge in [0.05, 0.1) is 24.4 Å². The number of halogens is 1. The molecule has 1 aliphatic rings. The van der Waals surface area contributed by atoms with Gasteiger partial charge in [0.1, 0.15) is 0 Å². The van der Waals surface area contributed by atoms with Crippen LogP contribution in [-0.2, 0) is 6.54 Å². The van der Waals surface area contributed by atoms with Crippen molar-refractivity contribution < 1.29 is 4.39 Å². The SMILES string of the molecule is N#Cc1ccccc1Cn1c(N2CCCCC2)ncc(F)c1=O. The fourth-order valence-corrected chi connectivity index (χ4v) is 2.89. The topological polar surface area (TPSA) is 61.9 Å². The van der Waals surface area contributed by atoms with Crippen LogP contribution in [0.3, 0.4) is 0 Å². The molecule has 0 radical (unpaired) electrons. The van der Waals surface area contributed by atoms with Crippen LogP contribution in [0.2, 0.25) is 0 Å². The zero-order valence-electron chi connectivity index (χ0n) is 12.7. The van der Waals surface area contributed by atoms with Crippen LogP contribution >= 0.6 is 0 Å². The van der Waals surface area contributed by atoms with Crippen molar-refractivity contribution in [3.05, 3.63) is 57.8 Å². The van der Waals surface area contributed by atoms with Crippen molar-refractivity contribution in [3.8, 4) is 6.07 Å². The van der Waals surface area contributed by atoms with Crippen molar-refractivity contribution in [1.29, 1.82) is 5.26 Å². The summed E-state index contributed by atoms with van der Waals surface area (Å²) in [6.45, 7) is 1.75. The number of benzene rings is 1. The van der Waals surface area contributed by atoms with E-state index in [9.17, 15) is 14.4 Å². The molecule has 23 heavy (non-hydrogen) atoms. The Labute approximate surface area is 133 Å². The number of nitrogens with zero attached hydrogens (tertiary/aromatic N) is 4. The molecule has 0 aliphatic carbocycles. The number of anilines is 1. The molecule has 1 aliphatic heterocycles. The molecule has 0 spiro atoms. The highest BCUT2D eigenvalue weighted by Gasteiger charge is 2.19. The summed E-state index contributed by atoms with van der Waals surface area (Å²) < 4.78 is 15.1. The Hall–Kier alpha value is -2.68. The summed E-state index contributed by atoms with van der Waals surface area (Å²) in [5.74, 6) is -0.399. The van der Waals surface area contributed by atoms with Crippen LogP contribution in [-0.4, -0.2) is 22.6 Å². The summed E-state index contributed by atoms with van der Waals surface area (Å²) >= 11 is 0. The maximum atomic E-state index is 13.7. The number of nitriles is 1. The minimum absolute atomic E-state index is 0.138. The van der Waals surface area contributed by atoms with Crippen LogP contribution in [0, 0.1) is 17.1 Å². The zero-order valence-corrected chi connectivity index (χ0v) is 12.7. The predicted octanol–water partition coefficient (Wildman–Crippen LogP) is 2.29. The van der Waals surface area contributed by atoms with Gasteiger partial charge in [0, 0.05) is 13.1 Å². The van der Waals surface area contributed by atoms with Gasteiger partial charge in [-0.2, -0.15) is 9.65 Å². The average molecular weight is 312 g/mol. The quantitative estimate of drug-likeness (QED) is 0.872. The lowest BCUT2D eigenvalue weighted by molar-refractivity contribution is 0.529. The van der Waals surface area contributed by atoms with Crippen LogP contribution in [0.15, 0.2) is 35.3 Å². The van der Waals surface area contributed by atoms with Gasteiger partial charge in [-0.1, -0.05) is 18.2 Å². The molecule has 0 amide bonds. The largest absolute Gasteiger partial charge is 0.342 e. The summed E-state index contributed by atoms with van der Waals surface area (Å²) in [4.78, 5) is 18.4. The normalized spacial score (nSPS) is 14.5. The molecular weight excluding hydrogens is 295 g/mol. The van der Waals surface area contributed by atoms with Gasteiger partial charge in [-0.3, -0.25) is 9.36 Å². The summed E-state index contributed by atoms with van der Waals surface area (Å²) in [6.07, 6.45) is 4.20. The Balaban J connectivity index is 2.05. The molecule has 2 aromatic rings. The van der Waals surface area contributed by atoms with Crippen molar-refractivity contribution >= 4 is 5.95 Å².